The van der Waals surface area contributed by atoms with Crippen molar-refractivity contribution in [3.8, 4) is 0 Å². The maximum absolute atomic E-state index is 7.07. The number of halogens is 1. The van der Waals surface area contributed by atoms with Gasteiger partial charge in [-0.2, -0.15) is 0 Å². The lowest BCUT2D eigenvalue weighted by molar-refractivity contribution is 0.319. The summed E-state index contributed by atoms with van der Waals surface area (Å²) in [7, 11) is 0. The van der Waals surface area contributed by atoms with Crippen LogP contribution in [-0.2, 0) is 0 Å². The Morgan fingerprint density at radius 3 is 2.50 bits per heavy atom. The molecule has 78 valence electrons. The molecule has 0 saturated heterocycles. The monoisotopic (exact) mass is 303 g/mol. The molecule has 1 aliphatic rings. The second kappa shape index (κ2) is 6.38. The van der Waals surface area contributed by atoms with Crippen LogP contribution in [0, 0.1) is 17.2 Å². The van der Waals surface area contributed by atoms with Crippen LogP contribution in [0.3, 0.4) is 0 Å². The van der Waals surface area contributed by atoms with Crippen molar-refractivity contribution in [3.05, 3.63) is 22.3 Å². The van der Waals surface area contributed by atoms with Gasteiger partial charge < -0.3 is 5.41 Å². The van der Waals surface area contributed by atoms with Crippen molar-refractivity contribution in [3.63, 3.8) is 0 Å². The summed E-state index contributed by atoms with van der Waals surface area (Å²) in [5, 5.41) is 7.07. The fourth-order valence-electron chi connectivity index (χ4n) is 2.02. The van der Waals surface area contributed by atoms with E-state index < -0.39 is 0 Å². The van der Waals surface area contributed by atoms with Gasteiger partial charge in [-0.15, -0.1) is 0 Å². The molecule has 0 heterocycles. The van der Waals surface area contributed by atoms with E-state index in [1.807, 2.05) is 0 Å². The molecule has 0 atom stereocenters. The lowest BCUT2D eigenvalue weighted by Gasteiger charge is -2.25. The first-order valence-corrected chi connectivity index (χ1v) is 6.31. The summed E-state index contributed by atoms with van der Waals surface area (Å²) in [5.74, 6) is 1.53. The van der Waals surface area contributed by atoms with E-state index in [2.05, 4.69) is 41.3 Å². The predicted octanol–water partition coefficient (Wildman–Crippen LogP) is 4.34. The van der Waals surface area contributed by atoms with Crippen molar-refractivity contribution in [2.24, 2.45) is 11.8 Å². The number of rotatable bonds is 4. The van der Waals surface area contributed by atoms with Crippen molar-refractivity contribution in [2.75, 3.05) is 0 Å². The van der Waals surface area contributed by atoms with Crippen molar-refractivity contribution >= 4 is 28.8 Å². The Balaban J connectivity index is 2.28. The van der Waals surface area contributed by atoms with Gasteiger partial charge in [-0.1, -0.05) is 18.7 Å². The van der Waals surface area contributed by atoms with E-state index >= 15 is 0 Å². The molecule has 1 nitrogen and oxygen atoms in total. The number of nitrogens with one attached hydrogen (secondary N) is 1. The third-order valence-electron chi connectivity index (χ3n) is 2.89. The van der Waals surface area contributed by atoms with Gasteiger partial charge >= 0.3 is 0 Å². The number of allylic oxidation sites excluding steroid dienone is 3. The SMILES string of the molecule is C=C(I)/C=C/C1CCC(CC=N)CC1. The molecule has 0 bridgehead atoms. The van der Waals surface area contributed by atoms with Gasteiger partial charge in [-0.05, 0) is 72.7 Å². The summed E-state index contributed by atoms with van der Waals surface area (Å²) in [4.78, 5) is 0. The van der Waals surface area contributed by atoms with Crippen LogP contribution in [0.25, 0.3) is 0 Å². The van der Waals surface area contributed by atoms with Gasteiger partial charge in [-0.3, -0.25) is 0 Å². The van der Waals surface area contributed by atoms with Crippen LogP contribution in [0.1, 0.15) is 32.1 Å². The highest BCUT2D eigenvalue weighted by molar-refractivity contribution is 14.1. The van der Waals surface area contributed by atoms with Gasteiger partial charge in [0.05, 0.1) is 0 Å². The van der Waals surface area contributed by atoms with Crippen molar-refractivity contribution < 1.29 is 0 Å². The first-order chi connectivity index (χ1) is 6.72. The quantitative estimate of drug-likeness (QED) is 0.454. The first-order valence-electron chi connectivity index (χ1n) is 5.24. The molecule has 0 aliphatic heterocycles. The highest BCUT2D eigenvalue weighted by Gasteiger charge is 2.18. The van der Waals surface area contributed by atoms with Crippen molar-refractivity contribution in [1.82, 2.24) is 0 Å². The molecule has 1 saturated carbocycles. The molecule has 0 radical (unpaired) electrons. The van der Waals surface area contributed by atoms with Crippen LogP contribution in [0.5, 0.6) is 0 Å². The van der Waals surface area contributed by atoms with Crippen molar-refractivity contribution in [1.29, 1.82) is 5.41 Å². The molecular weight excluding hydrogens is 285 g/mol. The zero-order valence-electron chi connectivity index (χ0n) is 8.51. The van der Waals surface area contributed by atoms with Crippen LogP contribution < -0.4 is 0 Å². The number of hydrogen-bond donors (Lipinski definition) is 1. The summed E-state index contributed by atoms with van der Waals surface area (Å²) in [6, 6.07) is 0. The summed E-state index contributed by atoms with van der Waals surface area (Å²) in [6.45, 7) is 3.85. The topological polar surface area (TPSA) is 23.9 Å². The van der Waals surface area contributed by atoms with Crippen LogP contribution in [0.4, 0.5) is 0 Å². The Bertz CT molecular complexity index is 224. The minimum Gasteiger partial charge on any atom is -0.313 e. The van der Waals surface area contributed by atoms with E-state index in [4.69, 9.17) is 5.41 Å². The third-order valence-corrected chi connectivity index (χ3v) is 3.25. The zero-order valence-corrected chi connectivity index (χ0v) is 10.7. The molecule has 1 fully saturated rings. The fraction of sp³-hybridized carbons (Fsp3) is 0.583. The van der Waals surface area contributed by atoms with Crippen LogP contribution in [0.15, 0.2) is 22.3 Å². The lowest BCUT2D eigenvalue weighted by atomic mass is 9.80. The maximum atomic E-state index is 7.07. The Morgan fingerprint density at radius 2 is 2.00 bits per heavy atom. The highest BCUT2D eigenvalue weighted by Crippen LogP contribution is 2.31. The average molecular weight is 303 g/mol. The number of hydrogen-bond acceptors (Lipinski definition) is 1. The summed E-state index contributed by atoms with van der Waals surface area (Å²) >= 11 is 2.24. The van der Waals surface area contributed by atoms with E-state index in [0.717, 1.165) is 21.8 Å². The van der Waals surface area contributed by atoms with E-state index in [0.29, 0.717) is 0 Å². The average Bonchev–Trinajstić information content (AvgIpc) is 2.17. The minimum absolute atomic E-state index is 0.753. The molecule has 1 aliphatic carbocycles. The normalized spacial score (nSPS) is 27.8. The third kappa shape index (κ3) is 4.40. The van der Waals surface area contributed by atoms with E-state index in [1.165, 1.54) is 25.7 Å². The molecule has 0 aromatic heterocycles. The maximum Gasteiger partial charge on any atom is 0.00549 e. The van der Waals surface area contributed by atoms with Crippen LogP contribution in [0.2, 0.25) is 0 Å². The fourth-order valence-corrected chi connectivity index (χ4v) is 2.23. The second-order valence-electron chi connectivity index (χ2n) is 4.03. The zero-order chi connectivity index (χ0) is 10.4. The van der Waals surface area contributed by atoms with Gasteiger partial charge in [0.1, 0.15) is 0 Å². The molecule has 1 N–H and O–H groups in total. The van der Waals surface area contributed by atoms with E-state index in [1.54, 1.807) is 6.21 Å². The van der Waals surface area contributed by atoms with Gasteiger partial charge in [0, 0.05) is 3.58 Å². The van der Waals surface area contributed by atoms with E-state index in [-0.39, 0.29) is 0 Å². The summed E-state index contributed by atoms with van der Waals surface area (Å²) in [6.07, 6.45) is 12.1. The van der Waals surface area contributed by atoms with Crippen molar-refractivity contribution in [2.45, 2.75) is 32.1 Å². The predicted molar refractivity (Wildman–Crippen MR) is 71.1 cm³/mol. The molecule has 0 unspecified atom stereocenters. The molecule has 0 spiro atoms. The Labute approximate surface area is 100 Å². The molecule has 0 aromatic carbocycles. The van der Waals surface area contributed by atoms with Gasteiger partial charge in [0.2, 0.25) is 0 Å². The molecule has 1 rings (SSSR count). The largest absolute Gasteiger partial charge is 0.313 e. The van der Waals surface area contributed by atoms with Crippen LogP contribution in [-0.4, -0.2) is 6.21 Å². The Kier molecular flexibility index (Phi) is 5.45. The smallest absolute Gasteiger partial charge is 0.00549 e. The lowest BCUT2D eigenvalue weighted by Crippen LogP contribution is -2.13. The molecule has 0 aromatic rings. The summed E-state index contributed by atoms with van der Waals surface area (Å²) in [5.41, 5.74) is 0. The highest BCUT2D eigenvalue weighted by atomic mass is 127. The minimum atomic E-state index is 0.753. The molecule has 14 heavy (non-hydrogen) atoms. The summed E-state index contributed by atoms with van der Waals surface area (Å²) < 4.78 is 1.12. The van der Waals surface area contributed by atoms with Gasteiger partial charge in [0.15, 0.2) is 0 Å². The standard InChI is InChI=1S/C12H18IN/c1-10(13)2-3-11-4-6-12(7-5-11)8-9-14/h2-3,9,11-12,14H,1,4-8H2/b3-2+,14-9?. The molecule has 2 heteroatoms. The Hall–Kier alpha value is -0.120. The van der Waals surface area contributed by atoms with E-state index in [9.17, 15) is 0 Å². The Morgan fingerprint density at radius 1 is 1.36 bits per heavy atom. The molecule has 0 amide bonds. The van der Waals surface area contributed by atoms with Gasteiger partial charge in [0.25, 0.3) is 0 Å². The first kappa shape index (κ1) is 12.0. The molecular formula is C12H18IN. The van der Waals surface area contributed by atoms with Gasteiger partial charge in [-0.25, -0.2) is 0 Å². The van der Waals surface area contributed by atoms with Crippen LogP contribution >= 0.6 is 22.6 Å². The second-order valence-corrected chi connectivity index (χ2v) is 5.41.